The SMILES string of the molecule is COC(=O)/C=C/c1cccc(CC23CCCN2C(=O)N(c2cc(Cl)cc(Cl)c2)C3=O)c1. The van der Waals surface area contributed by atoms with E-state index in [2.05, 4.69) is 4.74 Å². The maximum absolute atomic E-state index is 13.6. The second-order valence-electron chi connectivity index (χ2n) is 7.62. The number of rotatable bonds is 5. The van der Waals surface area contributed by atoms with Crippen LogP contribution >= 0.6 is 23.2 Å². The van der Waals surface area contributed by atoms with Gasteiger partial charge < -0.3 is 9.64 Å². The number of hydrogen-bond acceptors (Lipinski definition) is 4. The topological polar surface area (TPSA) is 66.9 Å². The van der Waals surface area contributed by atoms with Crippen LogP contribution in [0.1, 0.15) is 24.0 Å². The maximum Gasteiger partial charge on any atom is 0.332 e. The number of fused-ring (bicyclic) bond motifs is 1. The van der Waals surface area contributed by atoms with E-state index in [0.29, 0.717) is 35.1 Å². The molecule has 2 heterocycles. The molecule has 2 fully saturated rings. The number of halogens is 2. The fraction of sp³-hybridized carbons (Fsp3) is 0.261. The van der Waals surface area contributed by atoms with E-state index in [1.54, 1.807) is 29.2 Å². The lowest BCUT2D eigenvalue weighted by Crippen LogP contribution is -2.47. The lowest BCUT2D eigenvalue weighted by atomic mass is 9.87. The smallest absolute Gasteiger partial charge is 0.332 e. The normalized spacial score (nSPS) is 20.6. The lowest BCUT2D eigenvalue weighted by Gasteiger charge is -2.28. The third-order valence-electron chi connectivity index (χ3n) is 5.68. The van der Waals surface area contributed by atoms with Gasteiger partial charge in [0, 0.05) is 29.1 Å². The number of carbonyl (C=O) groups is 3. The Kier molecular flexibility index (Phi) is 5.77. The number of esters is 1. The number of carbonyl (C=O) groups excluding carboxylic acids is 3. The summed E-state index contributed by atoms with van der Waals surface area (Å²) >= 11 is 12.2. The fourth-order valence-corrected chi connectivity index (χ4v) is 4.84. The van der Waals surface area contributed by atoms with Gasteiger partial charge in [-0.2, -0.15) is 0 Å². The van der Waals surface area contributed by atoms with Crippen molar-refractivity contribution in [2.24, 2.45) is 0 Å². The molecule has 8 heteroatoms. The number of anilines is 1. The molecule has 2 aliphatic heterocycles. The zero-order valence-electron chi connectivity index (χ0n) is 16.8. The van der Waals surface area contributed by atoms with Crippen LogP contribution < -0.4 is 4.90 Å². The van der Waals surface area contributed by atoms with Crippen molar-refractivity contribution in [2.75, 3.05) is 18.6 Å². The molecule has 31 heavy (non-hydrogen) atoms. The highest BCUT2D eigenvalue weighted by atomic mass is 35.5. The summed E-state index contributed by atoms with van der Waals surface area (Å²) in [5, 5.41) is 0.712. The van der Waals surface area contributed by atoms with Gasteiger partial charge in [-0.1, -0.05) is 47.5 Å². The molecular weight excluding hydrogens is 439 g/mol. The Bertz CT molecular complexity index is 1080. The molecule has 0 spiro atoms. The molecule has 6 nitrogen and oxygen atoms in total. The Hall–Kier alpha value is -2.83. The standard InChI is InChI=1S/C23H20Cl2N2O4/c1-31-20(28)7-6-15-4-2-5-16(10-15)14-23-8-3-9-26(23)22(30)27(21(23)29)19-12-17(24)11-18(25)13-19/h2,4-7,10-13H,3,8-9,14H2,1H3/b7-6+. The molecule has 0 saturated carbocycles. The summed E-state index contributed by atoms with van der Waals surface area (Å²) in [7, 11) is 1.32. The molecule has 4 rings (SSSR count). The van der Waals surface area contributed by atoms with Crippen molar-refractivity contribution in [3.63, 3.8) is 0 Å². The monoisotopic (exact) mass is 458 g/mol. The van der Waals surface area contributed by atoms with Crippen LogP contribution in [0.15, 0.2) is 48.5 Å². The summed E-state index contributed by atoms with van der Waals surface area (Å²) in [6.45, 7) is 0.511. The van der Waals surface area contributed by atoms with Gasteiger partial charge >= 0.3 is 12.0 Å². The molecule has 3 amide bonds. The number of hydrogen-bond donors (Lipinski definition) is 0. The molecule has 0 bridgehead atoms. The van der Waals surface area contributed by atoms with Gasteiger partial charge in [0.25, 0.3) is 5.91 Å². The van der Waals surface area contributed by atoms with Gasteiger partial charge in [0.2, 0.25) is 0 Å². The quantitative estimate of drug-likeness (QED) is 0.369. The van der Waals surface area contributed by atoms with E-state index in [1.165, 1.54) is 18.1 Å². The van der Waals surface area contributed by atoms with E-state index >= 15 is 0 Å². The highest BCUT2D eigenvalue weighted by Gasteiger charge is 2.59. The second-order valence-corrected chi connectivity index (χ2v) is 8.49. The van der Waals surface area contributed by atoms with Crippen molar-refractivity contribution in [3.05, 3.63) is 69.7 Å². The van der Waals surface area contributed by atoms with Gasteiger partial charge in [-0.15, -0.1) is 0 Å². The van der Waals surface area contributed by atoms with Gasteiger partial charge in [0.15, 0.2) is 0 Å². The first-order valence-electron chi connectivity index (χ1n) is 9.81. The fourth-order valence-electron chi connectivity index (χ4n) is 4.33. The first kappa shape index (κ1) is 21.4. The highest BCUT2D eigenvalue weighted by Crippen LogP contribution is 2.43. The van der Waals surface area contributed by atoms with E-state index in [-0.39, 0.29) is 11.9 Å². The van der Waals surface area contributed by atoms with Crippen molar-refractivity contribution < 1.29 is 19.1 Å². The minimum Gasteiger partial charge on any atom is -0.466 e. The summed E-state index contributed by atoms with van der Waals surface area (Å²) in [6, 6.07) is 11.9. The van der Waals surface area contributed by atoms with Crippen LogP contribution in [0.3, 0.4) is 0 Å². The summed E-state index contributed by atoms with van der Waals surface area (Å²) < 4.78 is 4.62. The van der Waals surface area contributed by atoms with E-state index in [1.807, 2.05) is 24.3 Å². The largest absolute Gasteiger partial charge is 0.466 e. The Labute approximate surface area is 190 Å². The molecular formula is C23H20Cl2N2O4. The average molecular weight is 459 g/mol. The Morgan fingerprint density at radius 1 is 1.16 bits per heavy atom. The first-order chi connectivity index (χ1) is 14.8. The van der Waals surface area contributed by atoms with Crippen LogP contribution in [0.5, 0.6) is 0 Å². The van der Waals surface area contributed by atoms with Crippen LogP contribution in [-0.4, -0.2) is 42.0 Å². The third kappa shape index (κ3) is 3.93. The van der Waals surface area contributed by atoms with Crippen molar-refractivity contribution in [3.8, 4) is 0 Å². The zero-order valence-corrected chi connectivity index (χ0v) is 18.3. The number of methoxy groups -OCH3 is 1. The molecule has 0 aromatic heterocycles. The van der Waals surface area contributed by atoms with E-state index < -0.39 is 11.5 Å². The summed E-state index contributed by atoms with van der Waals surface area (Å²) in [6.07, 6.45) is 4.70. The molecule has 2 aliphatic rings. The maximum atomic E-state index is 13.6. The number of imide groups is 1. The molecule has 0 N–H and O–H groups in total. The van der Waals surface area contributed by atoms with Crippen molar-refractivity contribution in [1.29, 1.82) is 0 Å². The third-order valence-corrected chi connectivity index (χ3v) is 6.11. The Morgan fingerprint density at radius 2 is 1.90 bits per heavy atom. The van der Waals surface area contributed by atoms with Gasteiger partial charge in [0.1, 0.15) is 5.54 Å². The minimum atomic E-state index is -0.948. The summed E-state index contributed by atoms with van der Waals surface area (Å²) in [5.74, 6) is -0.720. The summed E-state index contributed by atoms with van der Waals surface area (Å²) in [4.78, 5) is 41.0. The number of nitrogens with zero attached hydrogens (tertiary/aromatic N) is 2. The zero-order chi connectivity index (χ0) is 22.2. The molecule has 160 valence electrons. The number of urea groups is 1. The number of amides is 3. The van der Waals surface area contributed by atoms with Crippen molar-refractivity contribution in [1.82, 2.24) is 4.90 Å². The van der Waals surface area contributed by atoms with Crippen LogP contribution in [0.4, 0.5) is 10.5 Å². The Balaban J connectivity index is 1.66. The molecule has 1 unspecified atom stereocenters. The summed E-state index contributed by atoms with van der Waals surface area (Å²) in [5.41, 5.74) is 1.12. The second kappa shape index (κ2) is 8.36. The minimum absolute atomic E-state index is 0.274. The van der Waals surface area contributed by atoms with Gasteiger partial charge in [0.05, 0.1) is 12.8 Å². The van der Waals surface area contributed by atoms with Crippen LogP contribution in [0.2, 0.25) is 10.0 Å². The number of ether oxygens (including phenoxy) is 1. The predicted octanol–water partition coefficient (Wildman–Crippen LogP) is 4.72. The lowest BCUT2D eigenvalue weighted by molar-refractivity contribution is -0.134. The van der Waals surface area contributed by atoms with E-state index in [0.717, 1.165) is 17.5 Å². The van der Waals surface area contributed by atoms with Crippen LogP contribution in [-0.2, 0) is 20.7 Å². The van der Waals surface area contributed by atoms with E-state index in [9.17, 15) is 14.4 Å². The number of benzene rings is 2. The van der Waals surface area contributed by atoms with Crippen molar-refractivity contribution in [2.45, 2.75) is 24.8 Å². The molecule has 2 saturated heterocycles. The van der Waals surface area contributed by atoms with E-state index in [4.69, 9.17) is 23.2 Å². The van der Waals surface area contributed by atoms with Gasteiger partial charge in [-0.3, -0.25) is 4.79 Å². The molecule has 2 aromatic carbocycles. The highest BCUT2D eigenvalue weighted by molar-refractivity contribution is 6.35. The molecule has 1 atom stereocenters. The average Bonchev–Trinajstić information content (AvgIpc) is 3.23. The van der Waals surface area contributed by atoms with Crippen LogP contribution in [0, 0.1) is 0 Å². The molecule has 0 radical (unpaired) electrons. The van der Waals surface area contributed by atoms with Gasteiger partial charge in [-0.25, -0.2) is 14.5 Å². The molecule has 0 aliphatic carbocycles. The Morgan fingerprint density at radius 3 is 2.61 bits per heavy atom. The van der Waals surface area contributed by atoms with Gasteiger partial charge in [-0.05, 0) is 48.2 Å². The van der Waals surface area contributed by atoms with Crippen LogP contribution in [0.25, 0.3) is 6.08 Å². The first-order valence-corrected chi connectivity index (χ1v) is 10.6. The molecule has 2 aromatic rings. The predicted molar refractivity (Wildman–Crippen MR) is 119 cm³/mol. The van der Waals surface area contributed by atoms with Crippen molar-refractivity contribution >= 4 is 52.9 Å².